The molecule has 1 aromatic heterocycles. The van der Waals surface area contributed by atoms with E-state index in [2.05, 4.69) is 4.98 Å². The summed E-state index contributed by atoms with van der Waals surface area (Å²) in [4.78, 5) is 4.07. The Morgan fingerprint density at radius 1 is 1.33 bits per heavy atom. The zero-order valence-electron chi connectivity index (χ0n) is 11.7. The van der Waals surface area contributed by atoms with Crippen molar-refractivity contribution in [2.24, 2.45) is 0 Å². The van der Waals surface area contributed by atoms with Crippen LogP contribution in [0.3, 0.4) is 0 Å². The van der Waals surface area contributed by atoms with Crippen LogP contribution in [0.25, 0.3) is 0 Å². The van der Waals surface area contributed by atoms with Gasteiger partial charge in [0.15, 0.2) is 0 Å². The fourth-order valence-electron chi connectivity index (χ4n) is 1.20. The fraction of sp³-hybridized carbons (Fsp3) is 0.583. The molecule has 0 atom stereocenters. The smallest absolute Gasteiger partial charge is 0.311 e. The van der Waals surface area contributed by atoms with Crippen LogP contribution in [0.4, 0.5) is 5.69 Å². The molecule has 0 spiro atoms. The molecule has 3 N–H and O–H groups in total. The van der Waals surface area contributed by atoms with Gasteiger partial charge in [-0.1, -0.05) is 0 Å². The molecule has 0 aliphatic carbocycles. The van der Waals surface area contributed by atoms with Crippen LogP contribution in [0.15, 0.2) is 12.3 Å². The van der Waals surface area contributed by atoms with Crippen LogP contribution in [-0.2, 0) is 4.65 Å². The van der Waals surface area contributed by atoms with Crippen LogP contribution >= 0.6 is 0 Å². The highest BCUT2D eigenvalue weighted by molar-refractivity contribution is 6.47. The normalized spacial score (nSPS) is 12.3. The van der Waals surface area contributed by atoms with Crippen LogP contribution < -0.4 is 15.9 Å². The summed E-state index contributed by atoms with van der Waals surface area (Å²) in [6.45, 7) is 7.11. The zero-order valence-corrected chi connectivity index (χ0v) is 11.7. The van der Waals surface area contributed by atoms with Crippen LogP contribution in [0.1, 0.15) is 27.7 Å². The van der Waals surface area contributed by atoms with E-state index >= 15 is 0 Å². The van der Waals surface area contributed by atoms with E-state index in [1.807, 2.05) is 13.8 Å². The summed E-state index contributed by atoms with van der Waals surface area (Å²) in [6.07, 6.45) is 1.65. The number of aliphatic hydroxyl groups is 1. The van der Waals surface area contributed by atoms with Gasteiger partial charge >= 0.3 is 7.48 Å². The predicted molar refractivity (Wildman–Crippen MR) is 73.4 cm³/mol. The molecule has 0 saturated carbocycles. The monoisotopic (exact) mass is 252 g/mol. The third-order valence-corrected chi connectivity index (χ3v) is 3.20. The Morgan fingerprint density at radius 3 is 2.39 bits per heavy atom. The van der Waals surface area contributed by atoms with Gasteiger partial charge < -0.3 is 20.2 Å². The summed E-state index contributed by atoms with van der Waals surface area (Å²) in [6, 6.07) is 1.76. The fourth-order valence-corrected chi connectivity index (χ4v) is 1.20. The summed E-state index contributed by atoms with van der Waals surface area (Å²) >= 11 is 0. The van der Waals surface area contributed by atoms with Crippen molar-refractivity contribution in [2.45, 2.75) is 38.9 Å². The molecule has 0 bridgehead atoms. The number of ether oxygens (including phenoxy) is 1. The summed E-state index contributed by atoms with van der Waals surface area (Å²) in [5, 5.41) is 9.97. The molecule has 0 aliphatic heterocycles. The lowest BCUT2D eigenvalue weighted by Gasteiger charge is -2.37. The first kappa shape index (κ1) is 14.8. The first-order valence-corrected chi connectivity index (χ1v) is 5.82. The van der Waals surface area contributed by atoms with Crippen LogP contribution in [-0.4, -0.2) is 35.9 Å². The van der Waals surface area contributed by atoms with Gasteiger partial charge in [0.2, 0.25) is 5.88 Å². The summed E-state index contributed by atoms with van der Waals surface area (Å²) < 4.78 is 10.7. The Labute approximate surface area is 109 Å². The van der Waals surface area contributed by atoms with Crippen molar-refractivity contribution in [1.29, 1.82) is 0 Å². The number of anilines is 1. The lowest BCUT2D eigenvalue weighted by atomic mass is 9.83. The van der Waals surface area contributed by atoms with Crippen LogP contribution in [0, 0.1) is 0 Å². The van der Waals surface area contributed by atoms with Crippen molar-refractivity contribution in [3.8, 4) is 5.88 Å². The van der Waals surface area contributed by atoms with Gasteiger partial charge in [0.05, 0.1) is 24.0 Å². The highest BCUT2D eigenvalue weighted by Crippen LogP contribution is 2.24. The molecule has 0 radical (unpaired) electrons. The number of aromatic nitrogens is 1. The van der Waals surface area contributed by atoms with E-state index in [9.17, 15) is 5.11 Å². The van der Waals surface area contributed by atoms with Crippen LogP contribution in [0.2, 0.25) is 0 Å². The van der Waals surface area contributed by atoms with Crippen molar-refractivity contribution < 1.29 is 14.5 Å². The molecular formula is C12H21BN2O3. The van der Waals surface area contributed by atoms with Crippen molar-refractivity contribution in [1.82, 2.24) is 4.98 Å². The largest absolute Gasteiger partial charge is 0.480 e. The lowest BCUT2D eigenvalue weighted by molar-refractivity contribution is -0.0893. The predicted octanol–water partition coefficient (Wildman–Crippen LogP) is 0.215. The van der Waals surface area contributed by atoms with Gasteiger partial charge in [0.25, 0.3) is 0 Å². The van der Waals surface area contributed by atoms with Gasteiger partial charge in [-0.2, -0.15) is 0 Å². The number of methoxy groups -OCH3 is 1. The van der Waals surface area contributed by atoms with Crippen molar-refractivity contribution >= 4 is 18.6 Å². The van der Waals surface area contributed by atoms with E-state index < -0.39 is 11.2 Å². The van der Waals surface area contributed by atoms with E-state index in [4.69, 9.17) is 15.1 Å². The summed E-state index contributed by atoms with van der Waals surface area (Å²) in [7, 11) is 1.85. The van der Waals surface area contributed by atoms with E-state index in [1.54, 1.807) is 26.1 Å². The number of nitrogens with zero attached hydrogens (tertiary/aromatic N) is 1. The number of hydrogen-bond acceptors (Lipinski definition) is 5. The number of nitrogens with two attached hydrogens (primary N) is 1. The van der Waals surface area contributed by atoms with Gasteiger partial charge in [0, 0.05) is 6.20 Å². The Morgan fingerprint density at radius 2 is 1.94 bits per heavy atom. The molecule has 0 unspecified atom stereocenters. The van der Waals surface area contributed by atoms with Crippen molar-refractivity contribution in [3.05, 3.63) is 12.3 Å². The maximum atomic E-state index is 9.97. The molecule has 0 aromatic carbocycles. The standard InChI is InChI=1S/C12H21BN2O3/c1-11(2,16)12(3,4)18-13-8-6-9(14)10(17-5)15-7-8/h6-7,13,16H,14H2,1-5H3. The Kier molecular flexibility index (Phi) is 4.24. The number of rotatable bonds is 5. The summed E-state index contributed by atoms with van der Waals surface area (Å²) in [5.41, 5.74) is 5.48. The molecular weight excluding hydrogens is 231 g/mol. The first-order valence-electron chi connectivity index (χ1n) is 5.82. The Hall–Kier alpha value is -1.27. The van der Waals surface area contributed by atoms with Gasteiger partial charge in [-0.3, -0.25) is 0 Å². The van der Waals surface area contributed by atoms with Crippen molar-refractivity contribution in [3.63, 3.8) is 0 Å². The van der Waals surface area contributed by atoms with E-state index in [0.29, 0.717) is 19.0 Å². The molecule has 0 aliphatic rings. The quantitative estimate of drug-likeness (QED) is 0.733. The highest BCUT2D eigenvalue weighted by atomic mass is 16.5. The second-order valence-corrected chi connectivity index (χ2v) is 5.30. The molecule has 1 heterocycles. The molecule has 100 valence electrons. The SMILES string of the molecule is COc1ncc(BOC(C)(C)C(C)(C)O)cc1N. The minimum Gasteiger partial charge on any atom is -0.480 e. The Bertz CT molecular complexity index is 416. The average Bonchev–Trinajstić information content (AvgIpc) is 2.25. The molecule has 5 nitrogen and oxygen atoms in total. The van der Waals surface area contributed by atoms with Crippen molar-refractivity contribution in [2.75, 3.05) is 12.8 Å². The molecule has 0 fully saturated rings. The maximum Gasteiger partial charge on any atom is 0.311 e. The van der Waals surface area contributed by atoms with Gasteiger partial charge in [-0.05, 0) is 39.2 Å². The minimum atomic E-state index is -0.932. The van der Waals surface area contributed by atoms with E-state index in [0.717, 1.165) is 5.46 Å². The third-order valence-electron chi connectivity index (χ3n) is 3.20. The zero-order chi connectivity index (χ0) is 14.0. The van der Waals surface area contributed by atoms with Gasteiger partial charge in [-0.25, -0.2) is 4.98 Å². The number of hydrogen-bond donors (Lipinski definition) is 2. The number of pyridine rings is 1. The molecule has 1 aromatic rings. The van der Waals surface area contributed by atoms with Crippen LogP contribution in [0.5, 0.6) is 5.88 Å². The molecule has 6 heteroatoms. The van der Waals surface area contributed by atoms with E-state index in [-0.39, 0.29) is 0 Å². The second kappa shape index (κ2) is 5.16. The molecule has 18 heavy (non-hydrogen) atoms. The maximum absolute atomic E-state index is 9.97. The molecule has 0 amide bonds. The minimum absolute atomic E-state index is 0.332. The summed E-state index contributed by atoms with van der Waals surface area (Å²) in [5.74, 6) is 0.403. The van der Waals surface area contributed by atoms with Gasteiger partial charge in [0.1, 0.15) is 0 Å². The Balaban J connectivity index is 2.73. The molecule has 0 saturated heterocycles. The first-order chi connectivity index (χ1) is 8.17. The average molecular weight is 252 g/mol. The second-order valence-electron chi connectivity index (χ2n) is 5.30. The van der Waals surface area contributed by atoms with Gasteiger partial charge in [-0.15, -0.1) is 0 Å². The highest BCUT2D eigenvalue weighted by Gasteiger charge is 2.35. The van der Waals surface area contributed by atoms with E-state index in [1.165, 1.54) is 7.11 Å². The molecule has 1 rings (SSSR count). The lowest BCUT2D eigenvalue weighted by Crippen LogP contribution is -2.49. The third kappa shape index (κ3) is 3.37. The number of nitrogen functional groups attached to an aromatic ring is 1. The topological polar surface area (TPSA) is 77.6 Å².